The van der Waals surface area contributed by atoms with Crippen LogP contribution in [0.1, 0.15) is 23.3 Å². The first-order valence-electron chi connectivity index (χ1n) is 5.80. The van der Waals surface area contributed by atoms with Gasteiger partial charge in [-0.05, 0) is 12.1 Å². The lowest BCUT2D eigenvalue weighted by Gasteiger charge is -2.33. The van der Waals surface area contributed by atoms with E-state index < -0.39 is 17.4 Å². The number of amides is 1. The maximum atomic E-state index is 12.0. The molecule has 2 rings (SSSR count). The molecule has 0 radical (unpaired) electrons. The topological polar surface area (TPSA) is 88.5 Å². The lowest BCUT2D eigenvalue weighted by Crippen LogP contribution is -2.57. The molecule has 2 N–H and O–H groups in total. The minimum atomic E-state index is -1.29. The van der Waals surface area contributed by atoms with Gasteiger partial charge in [-0.25, -0.2) is 9.78 Å². The molecule has 0 atom stereocenters. The van der Waals surface area contributed by atoms with E-state index in [1.165, 1.54) is 6.07 Å². The summed E-state index contributed by atoms with van der Waals surface area (Å²) in [6.07, 6.45) is 0.462. The van der Waals surface area contributed by atoms with Crippen LogP contribution in [-0.4, -0.2) is 40.7 Å². The Kier molecular flexibility index (Phi) is 4.01. The Hall–Kier alpha value is -1.66. The van der Waals surface area contributed by atoms with Crippen LogP contribution in [-0.2, 0) is 9.53 Å². The zero-order chi connectivity index (χ0) is 13.9. The number of carboxylic acid groups (broad SMARTS) is 1. The summed E-state index contributed by atoms with van der Waals surface area (Å²) in [6.45, 7) is 0.602. The number of hydrogen-bond donors (Lipinski definition) is 2. The monoisotopic (exact) mass is 284 g/mol. The Labute approximate surface area is 114 Å². The third-order valence-electron chi connectivity index (χ3n) is 3.06. The van der Waals surface area contributed by atoms with Gasteiger partial charge >= 0.3 is 5.97 Å². The van der Waals surface area contributed by atoms with Gasteiger partial charge in [0.2, 0.25) is 0 Å². The Bertz CT molecular complexity index is 500. The number of nitrogens with zero attached hydrogens (tertiary/aromatic N) is 1. The van der Waals surface area contributed by atoms with E-state index in [-0.39, 0.29) is 23.7 Å². The second-order valence-corrected chi connectivity index (χ2v) is 4.69. The number of aromatic nitrogens is 1. The smallest absolute Gasteiger partial charge is 0.329 e. The molecule has 0 unspecified atom stereocenters. The SMILES string of the molecule is O=C(NC1(C(=O)O)CCOCC1)c1cccc(Cl)n1. The van der Waals surface area contributed by atoms with Gasteiger partial charge in [0.15, 0.2) is 0 Å². The van der Waals surface area contributed by atoms with E-state index in [1.54, 1.807) is 12.1 Å². The third kappa shape index (κ3) is 3.02. The van der Waals surface area contributed by atoms with Crippen LogP contribution in [0.15, 0.2) is 18.2 Å². The molecular formula is C12H13ClN2O4. The van der Waals surface area contributed by atoms with E-state index in [0.29, 0.717) is 13.2 Å². The normalized spacial score (nSPS) is 17.7. The number of carbonyl (C=O) groups is 2. The zero-order valence-electron chi connectivity index (χ0n) is 10.1. The molecule has 1 fully saturated rings. The van der Waals surface area contributed by atoms with E-state index in [9.17, 15) is 14.7 Å². The average Bonchev–Trinajstić information content (AvgIpc) is 2.39. The summed E-state index contributed by atoms with van der Waals surface area (Å²) in [4.78, 5) is 27.3. The van der Waals surface area contributed by atoms with E-state index in [1.807, 2.05) is 0 Å². The fraction of sp³-hybridized carbons (Fsp3) is 0.417. The van der Waals surface area contributed by atoms with Crippen molar-refractivity contribution in [1.29, 1.82) is 0 Å². The largest absolute Gasteiger partial charge is 0.480 e. The first-order chi connectivity index (χ1) is 9.03. The zero-order valence-corrected chi connectivity index (χ0v) is 10.8. The summed E-state index contributed by atoms with van der Waals surface area (Å²) < 4.78 is 5.13. The van der Waals surface area contributed by atoms with Crippen LogP contribution in [0.2, 0.25) is 5.15 Å². The standard InChI is InChI=1S/C12H13ClN2O4/c13-9-3-1-2-8(14-9)10(16)15-12(11(17)18)4-6-19-7-5-12/h1-3H,4-7H2,(H,15,16)(H,17,18). The highest BCUT2D eigenvalue weighted by Gasteiger charge is 2.41. The highest BCUT2D eigenvalue weighted by atomic mass is 35.5. The Morgan fingerprint density at radius 3 is 2.63 bits per heavy atom. The maximum absolute atomic E-state index is 12.0. The number of halogens is 1. The first kappa shape index (κ1) is 13.8. The number of aliphatic carboxylic acids is 1. The maximum Gasteiger partial charge on any atom is 0.329 e. The highest BCUT2D eigenvalue weighted by molar-refractivity contribution is 6.29. The molecule has 2 heterocycles. The molecule has 102 valence electrons. The molecule has 7 heteroatoms. The summed E-state index contributed by atoms with van der Waals surface area (Å²) in [7, 11) is 0. The molecule has 0 saturated carbocycles. The van der Waals surface area contributed by atoms with E-state index in [2.05, 4.69) is 10.3 Å². The summed E-state index contributed by atoms with van der Waals surface area (Å²) in [5.41, 5.74) is -1.20. The van der Waals surface area contributed by atoms with Gasteiger partial charge in [0.1, 0.15) is 16.4 Å². The van der Waals surface area contributed by atoms with E-state index in [0.717, 1.165) is 0 Å². The molecule has 6 nitrogen and oxygen atoms in total. The fourth-order valence-electron chi connectivity index (χ4n) is 1.93. The van der Waals surface area contributed by atoms with Crippen molar-refractivity contribution in [3.8, 4) is 0 Å². The average molecular weight is 285 g/mol. The number of nitrogens with one attached hydrogen (secondary N) is 1. The second kappa shape index (κ2) is 5.54. The number of ether oxygens (including phenoxy) is 1. The van der Waals surface area contributed by atoms with E-state index >= 15 is 0 Å². The number of rotatable bonds is 3. The van der Waals surface area contributed by atoms with Crippen LogP contribution >= 0.6 is 11.6 Å². The lowest BCUT2D eigenvalue weighted by molar-refractivity contribution is -0.148. The van der Waals surface area contributed by atoms with Crippen LogP contribution in [0.3, 0.4) is 0 Å². The summed E-state index contributed by atoms with van der Waals surface area (Å²) in [5.74, 6) is -1.61. The van der Waals surface area contributed by atoms with Crippen LogP contribution in [0.4, 0.5) is 0 Å². The fourth-order valence-corrected chi connectivity index (χ4v) is 2.09. The van der Waals surface area contributed by atoms with Crippen molar-refractivity contribution in [2.75, 3.05) is 13.2 Å². The molecule has 0 aromatic carbocycles. The molecule has 1 aromatic heterocycles. The van der Waals surface area contributed by atoms with Gasteiger partial charge in [-0.15, -0.1) is 0 Å². The molecule has 0 aliphatic carbocycles. The predicted molar refractivity (Wildman–Crippen MR) is 67.1 cm³/mol. The predicted octanol–water partition coefficient (Wildman–Crippen LogP) is 1.10. The lowest BCUT2D eigenvalue weighted by atomic mass is 9.90. The summed E-state index contributed by atoms with van der Waals surface area (Å²) in [5, 5.41) is 12.0. The van der Waals surface area contributed by atoms with E-state index in [4.69, 9.17) is 16.3 Å². The van der Waals surface area contributed by atoms with Crippen molar-refractivity contribution >= 4 is 23.5 Å². The van der Waals surface area contributed by atoms with Gasteiger partial charge < -0.3 is 15.2 Å². The number of carboxylic acids is 1. The molecule has 1 amide bonds. The van der Waals surface area contributed by atoms with Gasteiger partial charge in [-0.3, -0.25) is 4.79 Å². The Morgan fingerprint density at radius 2 is 2.05 bits per heavy atom. The molecule has 19 heavy (non-hydrogen) atoms. The van der Waals surface area contributed by atoms with Crippen LogP contribution in [0.25, 0.3) is 0 Å². The van der Waals surface area contributed by atoms with Crippen LogP contribution in [0, 0.1) is 0 Å². The summed E-state index contributed by atoms with van der Waals surface area (Å²) >= 11 is 5.70. The van der Waals surface area contributed by atoms with Crippen molar-refractivity contribution in [3.05, 3.63) is 29.0 Å². The Balaban J connectivity index is 2.18. The molecule has 1 saturated heterocycles. The molecule has 1 aromatic rings. The minimum Gasteiger partial charge on any atom is -0.480 e. The minimum absolute atomic E-state index is 0.0969. The van der Waals surface area contributed by atoms with Crippen molar-refractivity contribution in [2.24, 2.45) is 0 Å². The highest BCUT2D eigenvalue weighted by Crippen LogP contribution is 2.21. The molecule has 1 aliphatic rings. The third-order valence-corrected chi connectivity index (χ3v) is 3.27. The molecule has 0 spiro atoms. The number of carbonyl (C=O) groups excluding carboxylic acids is 1. The number of pyridine rings is 1. The second-order valence-electron chi connectivity index (χ2n) is 4.30. The Morgan fingerprint density at radius 1 is 1.37 bits per heavy atom. The van der Waals surface area contributed by atoms with Crippen molar-refractivity contribution in [2.45, 2.75) is 18.4 Å². The van der Waals surface area contributed by atoms with Crippen molar-refractivity contribution in [3.63, 3.8) is 0 Å². The van der Waals surface area contributed by atoms with Crippen molar-refractivity contribution < 1.29 is 19.4 Å². The van der Waals surface area contributed by atoms with Gasteiger partial charge in [-0.2, -0.15) is 0 Å². The van der Waals surface area contributed by atoms with Gasteiger partial charge in [0.25, 0.3) is 5.91 Å². The first-order valence-corrected chi connectivity index (χ1v) is 6.17. The number of hydrogen-bond acceptors (Lipinski definition) is 4. The quantitative estimate of drug-likeness (QED) is 0.812. The molecule has 1 aliphatic heterocycles. The molecule has 0 bridgehead atoms. The van der Waals surface area contributed by atoms with Crippen LogP contribution < -0.4 is 5.32 Å². The van der Waals surface area contributed by atoms with Gasteiger partial charge in [0, 0.05) is 26.1 Å². The summed E-state index contributed by atoms with van der Waals surface area (Å²) in [6, 6.07) is 4.61. The van der Waals surface area contributed by atoms with Crippen molar-refractivity contribution in [1.82, 2.24) is 10.3 Å². The van der Waals surface area contributed by atoms with Gasteiger partial charge in [0.05, 0.1) is 0 Å². The van der Waals surface area contributed by atoms with Gasteiger partial charge in [-0.1, -0.05) is 17.7 Å². The van der Waals surface area contributed by atoms with Crippen LogP contribution in [0.5, 0.6) is 0 Å². The molecular weight excluding hydrogens is 272 g/mol.